The van der Waals surface area contributed by atoms with Gasteiger partial charge in [0.1, 0.15) is 5.76 Å². The Morgan fingerprint density at radius 2 is 1.64 bits per heavy atom. The first-order chi connectivity index (χ1) is 13.8. The van der Waals surface area contributed by atoms with Crippen LogP contribution in [0.15, 0.2) is 41.2 Å². The second-order valence-electron chi connectivity index (χ2n) is 7.26. The molecule has 0 unspecified atom stereocenters. The molecule has 1 amide bonds. The Labute approximate surface area is 162 Å². The van der Waals surface area contributed by atoms with E-state index >= 15 is 0 Å². The van der Waals surface area contributed by atoms with Crippen molar-refractivity contribution in [3.05, 3.63) is 53.7 Å². The quantitative estimate of drug-likeness (QED) is 0.694. The van der Waals surface area contributed by atoms with Crippen LogP contribution in [0.25, 0.3) is 5.82 Å². The predicted molar refractivity (Wildman–Crippen MR) is 103 cm³/mol. The second kappa shape index (κ2) is 7.10. The lowest BCUT2D eigenvalue weighted by Gasteiger charge is -2.35. The molecule has 5 rings (SSSR count). The number of aromatic nitrogens is 4. The molecule has 0 spiro atoms. The standard InChI is InChI=1S/C20H22N6O2/c27-20(19-15-5-1-2-6-16(15)28-23-19)26-13-11-25(12-14-26)18-8-7-17(21-22-18)24-9-3-4-10-24/h3-4,7-10H,1-2,5-6,11-14H2. The number of nitrogens with zero attached hydrogens (tertiary/aromatic N) is 6. The molecular formula is C20H22N6O2. The highest BCUT2D eigenvalue weighted by molar-refractivity contribution is 5.94. The average Bonchev–Trinajstić information content (AvgIpc) is 3.44. The van der Waals surface area contributed by atoms with Crippen LogP contribution in [0.5, 0.6) is 0 Å². The van der Waals surface area contributed by atoms with Gasteiger partial charge in [0, 0.05) is 50.6 Å². The maximum Gasteiger partial charge on any atom is 0.276 e. The molecule has 1 fully saturated rings. The Morgan fingerprint density at radius 1 is 0.929 bits per heavy atom. The van der Waals surface area contributed by atoms with Gasteiger partial charge in [-0.15, -0.1) is 10.2 Å². The van der Waals surface area contributed by atoms with Crippen LogP contribution in [0.3, 0.4) is 0 Å². The molecule has 1 aliphatic carbocycles. The fraction of sp³-hybridized carbons (Fsp3) is 0.400. The summed E-state index contributed by atoms with van der Waals surface area (Å²) in [5, 5.41) is 12.7. The molecule has 144 valence electrons. The minimum atomic E-state index is -0.0133. The highest BCUT2D eigenvalue weighted by Crippen LogP contribution is 2.25. The Morgan fingerprint density at radius 3 is 2.39 bits per heavy atom. The molecule has 3 aromatic heterocycles. The van der Waals surface area contributed by atoms with Crippen LogP contribution >= 0.6 is 0 Å². The number of anilines is 1. The largest absolute Gasteiger partial charge is 0.360 e. The molecule has 28 heavy (non-hydrogen) atoms. The first-order valence-corrected chi connectivity index (χ1v) is 9.78. The monoisotopic (exact) mass is 378 g/mol. The first-order valence-electron chi connectivity index (χ1n) is 9.78. The van der Waals surface area contributed by atoms with Gasteiger partial charge in [-0.25, -0.2) is 0 Å². The summed E-state index contributed by atoms with van der Waals surface area (Å²) in [6, 6.07) is 7.85. The van der Waals surface area contributed by atoms with Crippen molar-refractivity contribution < 1.29 is 9.32 Å². The highest BCUT2D eigenvalue weighted by Gasteiger charge is 2.29. The third-order valence-corrected chi connectivity index (χ3v) is 5.55. The van der Waals surface area contributed by atoms with Gasteiger partial charge in [0.15, 0.2) is 17.3 Å². The Bertz CT molecular complexity index is 955. The number of hydrogen-bond donors (Lipinski definition) is 0. The van der Waals surface area contributed by atoms with Crippen molar-refractivity contribution in [1.82, 2.24) is 24.8 Å². The van der Waals surface area contributed by atoms with Crippen molar-refractivity contribution in [2.75, 3.05) is 31.1 Å². The van der Waals surface area contributed by atoms with E-state index in [9.17, 15) is 4.79 Å². The summed E-state index contributed by atoms with van der Waals surface area (Å²) in [5.74, 6) is 2.51. The van der Waals surface area contributed by atoms with Gasteiger partial charge < -0.3 is 18.9 Å². The van der Waals surface area contributed by atoms with E-state index in [2.05, 4.69) is 20.3 Å². The van der Waals surface area contributed by atoms with Crippen molar-refractivity contribution >= 4 is 11.7 Å². The van der Waals surface area contributed by atoms with Crippen molar-refractivity contribution in [2.45, 2.75) is 25.7 Å². The van der Waals surface area contributed by atoms with Gasteiger partial charge in [-0.2, -0.15) is 0 Å². The third-order valence-electron chi connectivity index (χ3n) is 5.55. The molecule has 3 aromatic rings. The topological polar surface area (TPSA) is 80.3 Å². The zero-order valence-electron chi connectivity index (χ0n) is 15.6. The molecule has 2 aliphatic rings. The minimum absolute atomic E-state index is 0.0133. The van der Waals surface area contributed by atoms with Gasteiger partial charge >= 0.3 is 0 Å². The van der Waals surface area contributed by atoms with Crippen molar-refractivity contribution in [3.63, 3.8) is 0 Å². The van der Waals surface area contributed by atoms with Gasteiger partial charge in [-0.3, -0.25) is 4.79 Å². The van der Waals surface area contributed by atoms with Gasteiger partial charge in [0.2, 0.25) is 0 Å². The van der Waals surface area contributed by atoms with E-state index in [0.717, 1.165) is 61.7 Å². The summed E-state index contributed by atoms with van der Waals surface area (Å²) in [4.78, 5) is 16.9. The van der Waals surface area contributed by atoms with Gasteiger partial charge in [0.25, 0.3) is 5.91 Å². The normalized spacial score (nSPS) is 16.9. The summed E-state index contributed by atoms with van der Waals surface area (Å²) >= 11 is 0. The van der Waals surface area contributed by atoms with E-state index in [0.29, 0.717) is 18.8 Å². The molecule has 8 heteroatoms. The maximum absolute atomic E-state index is 12.9. The van der Waals surface area contributed by atoms with Gasteiger partial charge in [-0.1, -0.05) is 5.16 Å². The highest BCUT2D eigenvalue weighted by atomic mass is 16.5. The number of carbonyl (C=O) groups excluding carboxylic acids is 1. The van der Waals surface area contributed by atoms with E-state index < -0.39 is 0 Å². The van der Waals surface area contributed by atoms with E-state index in [-0.39, 0.29) is 5.91 Å². The average molecular weight is 378 g/mol. The van der Waals surface area contributed by atoms with Crippen LogP contribution in [0, 0.1) is 0 Å². The number of amides is 1. The Hall–Kier alpha value is -3.16. The molecule has 1 saturated heterocycles. The lowest BCUT2D eigenvalue weighted by atomic mass is 9.96. The van der Waals surface area contributed by atoms with Crippen LogP contribution < -0.4 is 4.90 Å². The van der Waals surface area contributed by atoms with E-state index in [1.165, 1.54) is 0 Å². The summed E-state index contributed by atoms with van der Waals surface area (Å²) in [7, 11) is 0. The summed E-state index contributed by atoms with van der Waals surface area (Å²) in [6.07, 6.45) is 7.87. The van der Waals surface area contributed by atoms with Gasteiger partial charge in [-0.05, 0) is 43.5 Å². The number of aryl methyl sites for hydroxylation is 1. The Kier molecular flexibility index (Phi) is 4.31. The van der Waals surface area contributed by atoms with E-state index in [1.54, 1.807) is 0 Å². The molecule has 0 radical (unpaired) electrons. The number of piperazine rings is 1. The molecule has 0 N–H and O–H groups in total. The van der Waals surface area contributed by atoms with Crippen LogP contribution in [-0.4, -0.2) is 56.9 Å². The summed E-state index contributed by atoms with van der Waals surface area (Å²) < 4.78 is 7.33. The molecule has 0 atom stereocenters. The SMILES string of the molecule is O=C(c1noc2c1CCCC2)N1CCN(c2ccc(-n3cccc3)nn2)CC1. The Balaban J connectivity index is 1.24. The smallest absolute Gasteiger partial charge is 0.276 e. The molecule has 0 saturated carbocycles. The zero-order valence-corrected chi connectivity index (χ0v) is 15.6. The summed E-state index contributed by atoms with van der Waals surface area (Å²) in [5.41, 5.74) is 1.53. The summed E-state index contributed by atoms with van der Waals surface area (Å²) in [6.45, 7) is 2.73. The lowest BCUT2D eigenvalue weighted by Crippen LogP contribution is -2.49. The maximum atomic E-state index is 12.9. The molecule has 0 bridgehead atoms. The molecule has 4 heterocycles. The van der Waals surface area contributed by atoms with Crippen molar-refractivity contribution in [3.8, 4) is 5.82 Å². The fourth-order valence-corrected chi connectivity index (χ4v) is 3.95. The second-order valence-corrected chi connectivity index (χ2v) is 7.26. The van der Waals surface area contributed by atoms with Gasteiger partial charge in [0.05, 0.1) is 0 Å². The number of hydrogen-bond acceptors (Lipinski definition) is 6. The third kappa shape index (κ3) is 3.04. The van der Waals surface area contributed by atoms with Crippen LogP contribution in [0.2, 0.25) is 0 Å². The number of rotatable bonds is 3. The van der Waals surface area contributed by atoms with Crippen LogP contribution in [-0.2, 0) is 12.8 Å². The van der Waals surface area contributed by atoms with Crippen LogP contribution in [0.4, 0.5) is 5.82 Å². The minimum Gasteiger partial charge on any atom is -0.360 e. The number of fused-ring (bicyclic) bond motifs is 1. The predicted octanol–water partition coefficient (Wildman–Crippen LogP) is 2.10. The van der Waals surface area contributed by atoms with E-state index in [4.69, 9.17) is 4.52 Å². The number of carbonyl (C=O) groups is 1. The molecule has 8 nitrogen and oxygen atoms in total. The van der Waals surface area contributed by atoms with Crippen molar-refractivity contribution in [1.29, 1.82) is 0 Å². The van der Waals surface area contributed by atoms with E-state index in [1.807, 2.05) is 46.1 Å². The first kappa shape index (κ1) is 17.0. The molecule has 1 aliphatic heterocycles. The fourth-order valence-electron chi connectivity index (χ4n) is 3.95. The zero-order chi connectivity index (χ0) is 18.9. The molecular weight excluding hydrogens is 356 g/mol. The molecule has 0 aromatic carbocycles. The lowest BCUT2D eigenvalue weighted by molar-refractivity contribution is 0.0735. The van der Waals surface area contributed by atoms with Crippen LogP contribution in [0.1, 0.15) is 34.7 Å². The van der Waals surface area contributed by atoms with Crippen molar-refractivity contribution in [2.24, 2.45) is 0 Å².